The zero-order chi connectivity index (χ0) is 16.8. The minimum absolute atomic E-state index is 0.105. The Morgan fingerprint density at radius 1 is 1.65 bits per heavy atom. The lowest BCUT2D eigenvalue weighted by atomic mass is 10.1. The van der Waals surface area contributed by atoms with Crippen LogP contribution < -0.4 is 0 Å². The molecule has 1 N–H and O–H groups in total. The van der Waals surface area contributed by atoms with Crippen molar-refractivity contribution < 1.29 is 32.5 Å². The summed E-state index contributed by atoms with van der Waals surface area (Å²) in [5.74, 6) is -1.56. The maximum atomic E-state index is 12.2. The Bertz CT molecular complexity index is 789. The Morgan fingerprint density at radius 3 is 2.96 bits per heavy atom. The number of amides is 1. The smallest absolute Gasteiger partial charge is 0.328 e. The van der Waals surface area contributed by atoms with Gasteiger partial charge in [-0.15, -0.1) is 0 Å². The molecular formula is C11H10BrN3O7S. The Kier molecular flexibility index (Phi) is 3.88. The molecule has 3 rings (SSSR count). The Balaban J connectivity index is 1.73. The number of halogens is 1. The Morgan fingerprint density at radius 2 is 2.39 bits per heavy atom. The van der Waals surface area contributed by atoms with E-state index in [2.05, 4.69) is 26.2 Å². The molecule has 1 amide bonds. The molecule has 23 heavy (non-hydrogen) atoms. The van der Waals surface area contributed by atoms with E-state index in [-0.39, 0.29) is 13.0 Å². The zero-order valence-electron chi connectivity index (χ0n) is 11.3. The first-order chi connectivity index (χ1) is 10.8. The number of hydrogen-bond donors (Lipinski definition) is 1. The topological polar surface area (TPSA) is 139 Å². The first-order valence-electron chi connectivity index (χ1n) is 6.35. The Hall–Kier alpha value is -1.95. The molecule has 0 radical (unpaired) electrons. The van der Waals surface area contributed by atoms with Crippen molar-refractivity contribution in [3.8, 4) is 0 Å². The minimum Gasteiger partial charge on any atom is -0.480 e. The molecule has 0 saturated carbocycles. The second-order valence-electron chi connectivity index (χ2n) is 4.94. The summed E-state index contributed by atoms with van der Waals surface area (Å²) in [6.45, 7) is -0.105. The van der Waals surface area contributed by atoms with E-state index in [1.807, 2.05) is 0 Å². The molecule has 10 nitrogen and oxygen atoms in total. The van der Waals surface area contributed by atoms with Crippen molar-refractivity contribution in [3.05, 3.63) is 16.4 Å². The number of rotatable bonds is 5. The van der Waals surface area contributed by atoms with Crippen LogP contribution >= 0.6 is 15.9 Å². The van der Waals surface area contributed by atoms with Crippen LogP contribution in [-0.4, -0.2) is 58.3 Å². The number of aromatic nitrogens is 1. The van der Waals surface area contributed by atoms with Crippen LogP contribution in [0.3, 0.4) is 0 Å². The highest BCUT2D eigenvalue weighted by Crippen LogP contribution is 2.38. The number of hydrogen-bond acceptors (Lipinski definition) is 8. The number of carbonyl (C=O) groups excluding carboxylic acids is 1. The maximum absolute atomic E-state index is 12.2. The molecule has 3 heterocycles. The standard InChI is InChI=1S/C11H10BrN3O7S/c12-7-1-5(22-14-7)4-21-13-3-6-10(11(17)18)15-8(16)2-9(15)23(6,19)20/h1,3,6,9-10H,2,4H2,(H,17,18)/b13-3-/t6-,9?,10+/m0/s1. The molecule has 0 spiro atoms. The average Bonchev–Trinajstić information content (AvgIpc) is 2.94. The van der Waals surface area contributed by atoms with Crippen LogP contribution in [0.4, 0.5) is 0 Å². The van der Waals surface area contributed by atoms with Crippen molar-refractivity contribution in [2.75, 3.05) is 0 Å². The Labute approximate surface area is 138 Å². The number of fused-ring (bicyclic) bond motifs is 1. The van der Waals surface area contributed by atoms with Crippen LogP contribution in [0, 0.1) is 0 Å². The molecule has 2 aliphatic rings. The van der Waals surface area contributed by atoms with Gasteiger partial charge in [-0.1, -0.05) is 10.3 Å². The van der Waals surface area contributed by atoms with Gasteiger partial charge in [0, 0.05) is 6.07 Å². The first kappa shape index (κ1) is 15.9. The van der Waals surface area contributed by atoms with Crippen molar-refractivity contribution in [2.24, 2.45) is 5.16 Å². The van der Waals surface area contributed by atoms with Gasteiger partial charge in [0.25, 0.3) is 0 Å². The molecule has 2 saturated heterocycles. The fourth-order valence-electron chi connectivity index (χ4n) is 2.51. The summed E-state index contributed by atoms with van der Waals surface area (Å²) < 4.78 is 29.8. The third kappa shape index (κ3) is 2.61. The van der Waals surface area contributed by atoms with Gasteiger partial charge in [0.05, 0.1) is 12.6 Å². The molecule has 0 aromatic carbocycles. The van der Waals surface area contributed by atoms with Gasteiger partial charge in [0.15, 0.2) is 28.2 Å². The molecule has 2 fully saturated rings. The highest BCUT2D eigenvalue weighted by molar-refractivity contribution is 9.10. The number of carboxylic acid groups (broad SMARTS) is 1. The van der Waals surface area contributed by atoms with Gasteiger partial charge in [0.2, 0.25) is 5.91 Å². The summed E-state index contributed by atoms with van der Waals surface area (Å²) in [4.78, 5) is 28.5. The lowest BCUT2D eigenvalue weighted by Gasteiger charge is -2.34. The summed E-state index contributed by atoms with van der Waals surface area (Å²) in [5.41, 5.74) is 0. The lowest BCUT2D eigenvalue weighted by molar-refractivity contribution is -0.155. The maximum Gasteiger partial charge on any atom is 0.328 e. The first-order valence-corrected chi connectivity index (χ1v) is 8.76. The average molecular weight is 408 g/mol. The van der Waals surface area contributed by atoms with Gasteiger partial charge >= 0.3 is 5.97 Å². The van der Waals surface area contributed by atoms with Gasteiger partial charge in [-0.25, -0.2) is 13.2 Å². The molecular weight excluding hydrogens is 398 g/mol. The van der Waals surface area contributed by atoms with Gasteiger partial charge in [-0.2, -0.15) is 0 Å². The molecule has 0 aliphatic carbocycles. The fourth-order valence-corrected chi connectivity index (χ4v) is 4.97. The van der Waals surface area contributed by atoms with E-state index >= 15 is 0 Å². The summed E-state index contributed by atoms with van der Waals surface area (Å²) in [5, 5.41) is 13.7. The van der Waals surface area contributed by atoms with Crippen molar-refractivity contribution in [1.29, 1.82) is 0 Å². The number of carbonyl (C=O) groups is 2. The number of carboxylic acids is 1. The number of sulfone groups is 1. The summed E-state index contributed by atoms with van der Waals surface area (Å²) >= 11 is 3.08. The van der Waals surface area contributed by atoms with Crippen molar-refractivity contribution in [1.82, 2.24) is 10.1 Å². The van der Waals surface area contributed by atoms with Crippen molar-refractivity contribution in [2.45, 2.75) is 29.7 Å². The fraction of sp³-hybridized carbons (Fsp3) is 0.455. The summed E-state index contributed by atoms with van der Waals surface area (Å²) in [6, 6.07) is 0.0463. The predicted octanol–water partition coefficient (Wildman–Crippen LogP) is -0.252. The van der Waals surface area contributed by atoms with Gasteiger partial charge in [-0.05, 0) is 15.9 Å². The molecule has 1 aromatic heterocycles. The lowest BCUT2D eigenvalue weighted by Crippen LogP contribution is -2.56. The molecule has 1 unspecified atom stereocenters. The second kappa shape index (κ2) is 5.60. The van der Waals surface area contributed by atoms with Crippen LogP contribution in [-0.2, 0) is 30.9 Å². The quantitative estimate of drug-likeness (QED) is 0.400. The van der Waals surface area contributed by atoms with Crippen LogP contribution in [0.2, 0.25) is 0 Å². The van der Waals surface area contributed by atoms with Crippen LogP contribution in [0.5, 0.6) is 0 Å². The van der Waals surface area contributed by atoms with Crippen LogP contribution in [0.15, 0.2) is 20.3 Å². The molecule has 1 aromatic rings. The number of nitrogens with zero attached hydrogens (tertiary/aromatic N) is 3. The number of aliphatic carboxylic acids is 1. The second-order valence-corrected chi connectivity index (χ2v) is 8.02. The van der Waals surface area contributed by atoms with E-state index in [1.165, 1.54) is 6.07 Å². The van der Waals surface area contributed by atoms with Crippen molar-refractivity contribution in [3.63, 3.8) is 0 Å². The summed E-state index contributed by atoms with van der Waals surface area (Å²) in [6.07, 6.45) is 0.689. The molecule has 3 atom stereocenters. The van der Waals surface area contributed by atoms with Gasteiger partial charge in [0.1, 0.15) is 15.2 Å². The number of oxime groups is 1. The van der Waals surface area contributed by atoms with Crippen LogP contribution in [0.1, 0.15) is 12.2 Å². The highest BCUT2D eigenvalue weighted by Gasteiger charge is 2.63. The summed E-state index contributed by atoms with van der Waals surface area (Å²) in [7, 11) is -3.84. The monoisotopic (exact) mass is 407 g/mol. The van der Waals surface area contributed by atoms with E-state index < -0.39 is 38.4 Å². The molecule has 12 heteroatoms. The molecule has 124 valence electrons. The minimum atomic E-state index is -3.84. The van der Waals surface area contributed by atoms with E-state index in [0.29, 0.717) is 10.4 Å². The van der Waals surface area contributed by atoms with Crippen molar-refractivity contribution >= 4 is 43.9 Å². The SMILES string of the molecule is O=C(O)[C@H]1[C@H](/C=N\OCc2cc(Br)no2)S(=O)(=O)C2CC(=O)N21. The highest BCUT2D eigenvalue weighted by atomic mass is 79.9. The van der Waals surface area contributed by atoms with E-state index in [0.717, 1.165) is 11.1 Å². The van der Waals surface area contributed by atoms with Gasteiger partial charge in [-0.3, -0.25) is 4.79 Å². The molecule has 2 aliphatic heterocycles. The third-order valence-corrected chi connectivity index (χ3v) is 6.25. The van der Waals surface area contributed by atoms with Crippen LogP contribution in [0.25, 0.3) is 0 Å². The van der Waals surface area contributed by atoms with Gasteiger partial charge < -0.3 is 19.4 Å². The molecule has 0 bridgehead atoms. The predicted molar refractivity (Wildman–Crippen MR) is 76.9 cm³/mol. The number of β-lactam (4-membered cyclic amide) rings is 1. The van der Waals surface area contributed by atoms with E-state index in [1.54, 1.807) is 0 Å². The third-order valence-electron chi connectivity index (χ3n) is 3.59. The van der Waals surface area contributed by atoms with E-state index in [9.17, 15) is 23.1 Å². The largest absolute Gasteiger partial charge is 0.480 e. The van der Waals surface area contributed by atoms with E-state index in [4.69, 9.17) is 9.36 Å². The zero-order valence-corrected chi connectivity index (χ0v) is 13.7. The normalized spacial score (nSPS) is 28.7.